The van der Waals surface area contributed by atoms with E-state index in [2.05, 4.69) is 10.3 Å². The standard InChI is InChI=1S/C15H17N3O2/c16-13-10(5-3-7-17-15(13)20)14(19)11-8-18-12-6-2-1-4-9(11)12/h1-2,4,6,8,10,13,18H,3,5,7,16H2,(H,17,20). The van der Waals surface area contributed by atoms with E-state index in [9.17, 15) is 9.59 Å². The highest BCUT2D eigenvalue weighted by atomic mass is 16.2. The van der Waals surface area contributed by atoms with E-state index in [0.717, 1.165) is 17.3 Å². The minimum absolute atomic E-state index is 0.0491. The number of benzene rings is 1. The Morgan fingerprint density at radius 2 is 2.10 bits per heavy atom. The monoisotopic (exact) mass is 271 g/mol. The number of para-hydroxylation sites is 1. The predicted octanol–water partition coefficient (Wildman–Crippen LogP) is 1.20. The van der Waals surface area contributed by atoms with Gasteiger partial charge in [0, 0.05) is 35.1 Å². The quantitative estimate of drug-likeness (QED) is 0.717. The number of nitrogens with two attached hydrogens (primary N) is 1. The molecule has 4 N–H and O–H groups in total. The Morgan fingerprint density at radius 3 is 2.95 bits per heavy atom. The maximum absolute atomic E-state index is 12.7. The van der Waals surface area contributed by atoms with E-state index >= 15 is 0 Å². The summed E-state index contributed by atoms with van der Waals surface area (Å²) in [5.41, 5.74) is 7.47. The van der Waals surface area contributed by atoms with E-state index in [1.165, 1.54) is 0 Å². The zero-order valence-corrected chi connectivity index (χ0v) is 11.1. The summed E-state index contributed by atoms with van der Waals surface area (Å²) < 4.78 is 0. The second kappa shape index (κ2) is 5.09. The van der Waals surface area contributed by atoms with Gasteiger partial charge < -0.3 is 16.0 Å². The summed E-state index contributed by atoms with van der Waals surface area (Å²) in [6.07, 6.45) is 3.12. The summed E-state index contributed by atoms with van der Waals surface area (Å²) in [6, 6.07) is 6.87. The molecule has 1 amide bonds. The van der Waals surface area contributed by atoms with Gasteiger partial charge in [-0.25, -0.2) is 0 Å². The van der Waals surface area contributed by atoms with Crippen LogP contribution in [-0.2, 0) is 4.79 Å². The lowest BCUT2D eigenvalue weighted by Crippen LogP contribution is -2.45. The molecule has 2 unspecified atom stereocenters. The molecule has 0 saturated carbocycles. The lowest BCUT2D eigenvalue weighted by Gasteiger charge is -2.18. The Hall–Kier alpha value is -2.14. The van der Waals surface area contributed by atoms with Gasteiger partial charge in [-0.3, -0.25) is 9.59 Å². The SMILES string of the molecule is NC1C(=O)NCCCC1C(=O)c1c[nH]c2ccccc12. The first-order valence-electron chi connectivity index (χ1n) is 6.82. The van der Waals surface area contributed by atoms with Crippen LogP contribution >= 0.6 is 0 Å². The Labute approximate surface area is 116 Å². The summed E-state index contributed by atoms with van der Waals surface area (Å²) in [6.45, 7) is 0.587. The van der Waals surface area contributed by atoms with Crippen molar-refractivity contribution in [2.75, 3.05) is 6.54 Å². The van der Waals surface area contributed by atoms with Gasteiger partial charge in [0.15, 0.2) is 5.78 Å². The maximum atomic E-state index is 12.7. The predicted molar refractivity (Wildman–Crippen MR) is 76.3 cm³/mol. The summed E-state index contributed by atoms with van der Waals surface area (Å²) >= 11 is 0. The third-order valence-electron chi connectivity index (χ3n) is 3.92. The molecule has 1 aliphatic heterocycles. The number of nitrogens with one attached hydrogen (secondary N) is 2. The van der Waals surface area contributed by atoms with E-state index in [1.54, 1.807) is 6.20 Å². The fourth-order valence-corrected chi connectivity index (χ4v) is 2.78. The van der Waals surface area contributed by atoms with Crippen molar-refractivity contribution in [1.82, 2.24) is 10.3 Å². The first kappa shape index (κ1) is 12.9. The number of aromatic nitrogens is 1. The Kier molecular flexibility index (Phi) is 3.28. The highest BCUT2D eigenvalue weighted by molar-refractivity contribution is 6.10. The smallest absolute Gasteiger partial charge is 0.237 e. The van der Waals surface area contributed by atoms with Gasteiger partial charge in [0.25, 0.3) is 0 Å². The first-order valence-corrected chi connectivity index (χ1v) is 6.82. The molecule has 5 nitrogen and oxygen atoms in total. The third kappa shape index (κ3) is 2.10. The number of carbonyl (C=O) groups excluding carboxylic acids is 2. The van der Waals surface area contributed by atoms with Crippen molar-refractivity contribution in [2.24, 2.45) is 11.7 Å². The van der Waals surface area contributed by atoms with Gasteiger partial charge in [-0.2, -0.15) is 0 Å². The van der Waals surface area contributed by atoms with Crippen LogP contribution in [0.1, 0.15) is 23.2 Å². The number of aromatic amines is 1. The molecule has 0 radical (unpaired) electrons. The van der Waals surface area contributed by atoms with Gasteiger partial charge in [-0.1, -0.05) is 18.2 Å². The van der Waals surface area contributed by atoms with E-state index in [4.69, 9.17) is 5.73 Å². The van der Waals surface area contributed by atoms with Crippen LogP contribution in [0.15, 0.2) is 30.5 Å². The third-order valence-corrected chi connectivity index (χ3v) is 3.92. The molecule has 0 bridgehead atoms. The number of hydrogen-bond donors (Lipinski definition) is 3. The zero-order valence-electron chi connectivity index (χ0n) is 11.1. The van der Waals surface area contributed by atoms with Crippen molar-refractivity contribution in [2.45, 2.75) is 18.9 Å². The summed E-state index contributed by atoms with van der Waals surface area (Å²) in [5.74, 6) is -0.732. The second-order valence-electron chi connectivity index (χ2n) is 5.18. The fourth-order valence-electron chi connectivity index (χ4n) is 2.78. The molecule has 104 valence electrons. The normalized spacial score (nSPS) is 23.4. The van der Waals surface area contributed by atoms with Gasteiger partial charge >= 0.3 is 0 Å². The highest BCUT2D eigenvalue weighted by Crippen LogP contribution is 2.25. The van der Waals surface area contributed by atoms with Gasteiger partial charge in [-0.05, 0) is 18.9 Å². The van der Waals surface area contributed by atoms with Gasteiger partial charge in [0.2, 0.25) is 5.91 Å². The number of ketones is 1. The molecule has 2 atom stereocenters. The van der Waals surface area contributed by atoms with Crippen molar-refractivity contribution in [3.8, 4) is 0 Å². The molecule has 1 aliphatic rings. The number of amides is 1. The molecule has 1 fully saturated rings. The summed E-state index contributed by atoms with van der Waals surface area (Å²) in [7, 11) is 0. The van der Waals surface area contributed by atoms with Crippen LogP contribution in [0.5, 0.6) is 0 Å². The lowest BCUT2D eigenvalue weighted by atomic mass is 9.88. The van der Waals surface area contributed by atoms with Crippen LogP contribution in [0.3, 0.4) is 0 Å². The van der Waals surface area contributed by atoms with Crippen molar-refractivity contribution in [3.05, 3.63) is 36.0 Å². The van der Waals surface area contributed by atoms with Crippen LogP contribution in [-0.4, -0.2) is 29.3 Å². The van der Waals surface area contributed by atoms with Gasteiger partial charge in [0.05, 0.1) is 6.04 Å². The fraction of sp³-hybridized carbons (Fsp3) is 0.333. The summed E-state index contributed by atoms with van der Waals surface area (Å²) in [5, 5.41) is 3.62. The van der Waals surface area contributed by atoms with Crippen LogP contribution < -0.4 is 11.1 Å². The molecule has 1 aromatic heterocycles. The topological polar surface area (TPSA) is 88.0 Å². The molecular formula is C15H17N3O2. The van der Waals surface area contributed by atoms with Crippen LogP contribution in [0.25, 0.3) is 10.9 Å². The number of H-pyrrole nitrogens is 1. The lowest BCUT2D eigenvalue weighted by molar-refractivity contribution is -0.122. The molecule has 1 aromatic carbocycles. The Morgan fingerprint density at radius 1 is 1.30 bits per heavy atom. The average molecular weight is 271 g/mol. The van der Waals surface area contributed by atoms with Crippen molar-refractivity contribution in [1.29, 1.82) is 0 Å². The minimum Gasteiger partial charge on any atom is -0.360 e. The van der Waals surface area contributed by atoms with Crippen LogP contribution in [0.2, 0.25) is 0 Å². The number of fused-ring (bicyclic) bond motifs is 1. The molecular weight excluding hydrogens is 254 g/mol. The van der Waals surface area contributed by atoms with E-state index in [1.807, 2.05) is 24.3 Å². The Balaban J connectivity index is 1.97. The largest absolute Gasteiger partial charge is 0.360 e. The number of hydrogen-bond acceptors (Lipinski definition) is 3. The average Bonchev–Trinajstić information content (AvgIpc) is 2.82. The highest BCUT2D eigenvalue weighted by Gasteiger charge is 2.33. The van der Waals surface area contributed by atoms with E-state index in [-0.39, 0.29) is 11.7 Å². The molecule has 0 aliphatic carbocycles. The molecule has 2 heterocycles. The van der Waals surface area contributed by atoms with Crippen LogP contribution in [0, 0.1) is 5.92 Å². The minimum atomic E-state index is -0.765. The molecule has 0 spiro atoms. The van der Waals surface area contributed by atoms with E-state index in [0.29, 0.717) is 18.5 Å². The molecule has 20 heavy (non-hydrogen) atoms. The number of Topliss-reactive ketones (excluding diaryl/α,β-unsaturated/α-hetero) is 1. The Bertz CT molecular complexity index is 662. The maximum Gasteiger partial charge on any atom is 0.237 e. The zero-order chi connectivity index (χ0) is 14.1. The molecule has 2 aromatic rings. The van der Waals surface area contributed by atoms with E-state index < -0.39 is 12.0 Å². The van der Waals surface area contributed by atoms with Crippen LogP contribution in [0.4, 0.5) is 0 Å². The molecule has 1 saturated heterocycles. The number of carbonyl (C=O) groups is 2. The van der Waals surface area contributed by atoms with Gasteiger partial charge in [-0.15, -0.1) is 0 Å². The van der Waals surface area contributed by atoms with Gasteiger partial charge in [0.1, 0.15) is 0 Å². The molecule has 3 rings (SSSR count). The van der Waals surface area contributed by atoms with Crippen molar-refractivity contribution in [3.63, 3.8) is 0 Å². The molecule has 5 heteroatoms. The van der Waals surface area contributed by atoms with Crippen molar-refractivity contribution >= 4 is 22.6 Å². The second-order valence-corrected chi connectivity index (χ2v) is 5.18. The number of rotatable bonds is 2. The van der Waals surface area contributed by atoms with Crippen molar-refractivity contribution < 1.29 is 9.59 Å². The summed E-state index contributed by atoms with van der Waals surface area (Å²) in [4.78, 5) is 27.6. The first-order chi connectivity index (χ1) is 9.68.